The predicted octanol–water partition coefficient (Wildman–Crippen LogP) is 1.80. The highest BCUT2D eigenvalue weighted by atomic mass is 16.5. The van der Waals surface area contributed by atoms with E-state index in [0.717, 1.165) is 16.6 Å². The predicted molar refractivity (Wildman–Crippen MR) is 104 cm³/mol. The molecule has 0 radical (unpaired) electrons. The maximum Gasteiger partial charge on any atom is 0.271 e. The molecule has 1 fully saturated rings. The molecule has 1 aliphatic rings. The fourth-order valence-electron chi connectivity index (χ4n) is 3.44. The Bertz CT molecular complexity index is 906. The third kappa shape index (κ3) is 3.12. The number of aromatic amines is 1. The molecular weight excluding hydrogens is 332 g/mol. The average molecular weight is 356 g/mol. The number of ether oxygens (including phenoxy) is 1. The zero-order valence-corrected chi connectivity index (χ0v) is 15.3. The molecule has 0 bridgehead atoms. The molecule has 26 heavy (non-hydrogen) atoms. The first-order valence-corrected chi connectivity index (χ1v) is 8.59. The number of carbonyl (C=O) groups is 1. The van der Waals surface area contributed by atoms with Crippen molar-refractivity contribution in [2.45, 2.75) is 13.0 Å². The van der Waals surface area contributed by atoms with E-state index in [1.807, 2.05) is 30.0 Å². The van der Waals surface area contributed by atoms with Gasteiger partial charge in [-0.05, 0) is 25.1 Å². The Morgan fingerprint density at radius 1 is 1.38 bits per heavy atom. The van der Waals surface area contributed by atoms with Crippen LogP contribution >= 0.6 is 0 Å². The minimum atomic E-state index is -0.167. The van der Waals surface area contributed by atoms with Crippen molar-refractivity contribution in [1.29, 1.82) is 0 Å². The summed E-state index contributed by atoms with van der Waals surface area (Å²) in [5, 5.41) is 3.82. The second-order valence-electron chi connectivity index (χ2n) is 6.40. The molecule has 0 saturated carbocycles. The maximum absolute atomic E-state index is 12.0. The first kappa shape index (κ1) is 17.8. The first-order valence-electron chi connectivity index (χ1n) is 8.59. The summed E-state index contributed by atoms with van der Waals surface area (Å²) in [6.07, 6.45) is 1.36. The van der Waals surface area contributed by atoms with Crippen LogP contribution in [0.3, 0.4) is 0 Å². The Hall–Kier alpha value is -2.96. The Balaban J connectivity index is 1.99. The minimum Gasteiger partial charge on any atom is -0.495 e. The number of hydrogen-bond acceptors (Lipinski definition) is 5. The number of benzene rings is 1. The van der Waals surface area contributed by atoms with Gasteiger partial charge in [-0.2, -0.15) is 0 Å². The number of aromatic nitrogens is 1. The lowest BCUT2D eigenvalue weighted by atomic mass is 10.1. The fraction of sp³-hybridized carbons (Fsp3) is 0.368. The van der Waals surface area contributed by atoms with E-state index in [4.69, 9.17) is 4.74 Å². The van der Waals surface area contributed by atoms with Crippen molar-refractivity contribution in [2.75, 3.05) is 44.0 Å². The van der Waals surface area contributed by atoms with Crippen LogP contribution in [0.4, 0.5) is 11.4 Å². The number of rotatable bonds is 4. The standard InChI is InChI=1S/C19H24N4O3/c1-5-18(24)23-7-6-22(11-12(23)2)16-9-13-8-15(20-3)19(25)21-14(13)10-17(16)26-4/h5,8-10,12,20H,1,6-7,11H2,2-4H3,(H,21,25)/t12-/m1/s1. The summed E-state index contributed by atoms with van der Waals surface area (Å²) >= 11 is 0. The summed E-state index contributed by atoms with van der Waals surface area (Å²) in [6.45, 7) is 7.62. The SMILES string of the molecule is C=CC(=O)N1CCN(c2cc3cc(NC)c(=O)[nH]c3cc2OC)C[C@H]1C. The summed E-state index contributed by atoms with van der Waals surface area (Å²) in [4.78, 5) is 30.9. The number of piperazine rings is 1. The summed E-state index contributed by atoms with van der Waals surface area (Å²) in [6, 6.07) is 5.76. The quantitative estimate of drug-likeness (QED) is 0.817. The van der Waals surface area contributed by atoms with Crippen molar-refractivity contribution in [1.82, 2.24) is 9.88 Å². The summed E-state index contributed by atoms with van der Waals surface area (Å²) < 4.78 is 5.56. The molecule has 2 aromatic rings. The van der Waals surface area contributed by atoms with Crippen molar-refractivity contribution in [3.8, 4) is 5.75 Å². The molecular formula is C19H24N4O3. The summed E-state index contributed by atoms with van der Waals surface area (Å²) in [7, 11) is 3.34. The Morgan fingerprint density at radius 2 is 2.15 bits per heavy atom. The molecule has 2 heterocycles. The van der Waals surface area contributed by atoms with Crippen molar-refractivity contribution in [2.24, 2.45) is 0 Å². The average Bonchev–Trinajstić information content (AvgIpc) is 2.65. The van der Waals surface area contributed by atoms with Crippen LogP contribution < -0.4 is 20.5 Å². The van der Waals surface area contributed by atoms with Crippen molar-refractivity contribution in [3.05, 3.63) is 41.2 Å². The van der Waals surface area contributed by atoms with Gasteiger partial charge < -0.3 is 24.8 Å². The maximum atomic E-state index is 12.0. The van der Waals surface area contributed by atoms with Crippen LogP contribution in [0.15, 0.2) is 35.6 Å². The van der Waals surface area contributed by atoms with E-state index in [0.29, 0.717) is 31.1 Å². The van der Waals surface area contributed by atoms with Gasteiger partial charge in [-0.15, -0.1) is 0 Å². The molecule has 1 aromatic heterocycles. The molecule has 0 spiro atoms. The number of fused-ring (bicyclic) bond motifs is 1. The van der Waals surface area contributed by atoms with Gasteiger partial charge in [0.15, 0.2) is 0 Å². The highest BCUT2D eigenvalue weighted by Crippen LogP contribution is 2.34. The third-order valence-electron chi connectivity index (χ3n) is 4.84. The van der Waals surface area contributed by atoms with Gasteiger partial charge in [0.05, 0.1) is 18.3 Å². The molecule has 0 aliphatic carbocycles. The number of anilines is 2. The molecule has 0 unspecified atom stereocenters. The number of H-pyrrole nitrogens is 1. The summed E-state index contributed by atoms with van der Waals surface area (Å²) in [5.74, 6) is 0.653. The second-order valence-corrected chi connectivity index (χ2v) is 6.40. The molecule has 1 aromatic carbocycles. The van der Waals surface area contributed by atoms with E-state index < -0.39 is 0 Å². The van der Waals surface area contributed by atoms with Gasteiger partial charge in [0.25, 0.3) is 5.56 Å². The number of methoxy groups -OCH3 is 1. The van der Waals surface area contributed by atoms with Gasteiger partial charge in [-0.3, -0.25) is 9.59 Å². The second kappa shape index (κ2) is 7.11. The monoisotopic (exact) mass is 356 g/mol. The van der Waals surface area contributed by atoms with Crippen LogP contribution in [-0.2, 0) is 4.79 Å². The normalized spacial score (nSPS) is 17.3. The lowest BCUT2D eigenvalue weighted by Gasteiger charge is -2.41. The van der Waals surface area contributed by atoms with E-state index in [1.165, 1.54) is 6.08 Å². The molecule has 138 valence electrons. The van der Waals surface area contributed by atoms with Crippen LogP contribution in [-0.4, -0.2) is 55.6 Å². The molecule has 1 amide bonds. The number of nitrogens with zero attached hydrogens (tertiary/aromatic N) is 2. The number of carbonyl (C=O) groups excluding carboxylic acids is 1. The van der Waals surface area contributed by atoms with Gasteiger partial charge in [-0.1, -0.05) is 6.58 Å². The van der Waals surface area contributed by atoms with Crippen LogP contribution in [0, 0.1) is 0 Å². The highest BCUT2D eigenvalue weighted by Gasteiger charge is 2.27. The number of hydrogen-bond donors (Lipinski definition) is 2. The zero-order chi connectivity index (χ0) is 18.8. The Kier molecular flexibility index (Phi) is 4.88. The van der Waals surface area contributed by atoms with E-state index >= 15 is 0 Å². The molecule has 1 aliphatic heterocycles. The van der Waals surface area contributed by atoms with Crippen molar-refractivity contribution in [3.63, 3.8) is 0 Å². The van der Waals surface area contributed by atoms with Gasteiger partial charge >= 0.3 is 0 Å². The van der Waals surface area contributed by atoms with Gasteiger partial charge in [0, 0.05) is 44.2 Å². The molecule has 3 rings (SSSR count). The highest BCUT2D eigenvalue weighted by molar-refractivity contribution is 5.89. The van der Waals surface area contributed by atoms with Gasteiger partial charge in [0.1, 0.15) is 11.4 Å². The first-order chi connectivity index (χ1) is 12.5. The Labute approximate surface area is 152 Å². The number of amides is 1. The van der Waals surface area contributed by atoms with Crippen LogP contribution in [0.2, 0.25) is 0 Å². The van der Waals surface area contributed by atoms with E-state index in [-0.39, 0.29) is 17.5 Å². The van der Waals surface area contributed by atoms with Crippen LogP contribution in [0.25, 0.3) is 10.9 Å². The molecule has 1 atom stereocenters. The van der Waals surface area contributed by atoms with Crippen molar-refractivity contribution >= 4 is 28.2 Å². The lowest BCUT2D eigenvalue weighted by Crippen LogP contribution is -2.53. The molecule has 2 N–H and O–H groups in total. The number of nitrogens with one attached hydrogen (secondary N) is 2. The Morgan fingerprint density at radius 3 is 2.77 bits per heavy atom. The van der Waals surface area contributed by atoms with Crippen LogP contribution in [0.1, 0.15) is 6.92 Å². The minimum absolute atomic E-state index is 0.0427. The topological polar surface area (TPSA) is 77.7 Å². The molecule has 1 saturated heterocycles. The number of pyridine rings is 1. The smallest absolute Gasteiger partial charge is 0.271 e. The van der Waals surface area contributed by atoms with Gasteiger partial charge in [0.2, 0.25) is 5.91 Å². The van der Waals surface area contributed by atoms with Gasteiger partial charge in [-0.25, -0.2) is 0 Å². The van der Waals surface area contributed by atoms with Crippen LogP contribution in [0.5, 0.6) is 5.75 Å². The van der Waals surface area contributed by atoms with E-state index in [9.17, 15) is 9.59 Å². The zero-order valence-electron chi connectivity index (χ0n) is 15.3. The van der Waals surface area contributed by atoms with Crippen molar-refractivity contribution < 1.29 is 9.53 Å². The lowest BCUT2D eigenvalue weighted by molar-refractivity contribution is -0.128. The molecule has 7 nitrogen and oxygen atoms in total. The summed E-state index contributed by atoms with van der Waals surface area (Å²) in [5.41, 5.74) is 2.03. The molecule has 7 heteroatoms. The van der Waals surface area contributed by atoms with E-state index in [1.54, 1.807) is 14.2 Å². The largest absolute Gasteiger partial charge is 0.495 e. The third-order valence-corrected chi connectivity index (χ3v) is 4.84. The fourth-order valence-corrected chi connectivity index (χ4v) is 3.44. The van der Waals surface area contributed by atoms with E-state index in [2.05, 4.69) is 21.8 Å².